The molecule has 2 fully saturated rings. The van der Waals surface area contributed by atoms with Gasteiger partial charge in [0.05, 0.1) is 5.54 Å². The summed E-state index contributed by atoms with van der Waals surface area (Å²) in [6, 6.07) is 0. The third-order valence-electron chi connectivity index (χ3n) is 4.47. The summed E-state index contributed by atoms with van der Waals surface area (Å²) in [5.41, 5.74) is 5.55. The Kier molecular flexibility index (Phi) is 3.76. The van der Waals surface area contributed by atoms with E-state index in [2.05, 4.69) is 6.92 Å². The fourth-order valence-corrected chi connectivity index (χ4v) is 3.63. The van der Waals surface area contributed by atoms with Gasteiger partial charge in [0.2, 0.25) is 11.8 Å². The quantitative estimate of drug-likeness (QED) is 0.760. The minimum Gasteiger partial charge on any atom is -0.328 e. The standard InChI is InChI=1S/C14H24N2O2/c1-10-4-3-5-14(8-10,9-15)16-12(17)6-11(2)7-13(16)18/h10-11H,3-9,15H2,1-2H3. The number of hydrogen-bond acceptors (Lipinski definition) is 3. The molecule has 102 valence electrons. The van der Waals surface area contributed by atoms with E-state index in [1.54, 1.807) is 0 Å². The van der Waals surface area contributed by atoms with Gasteiger partial charge in [0.1, 0.15) is 0 Å². The van der Waals surface area contributed by atoms with E-state index in [1.165, 1.54) is 11.3 Å². The van der Waals surface area contributed by atoms with Crippen molar-refractivity contribution in [2.24, 2.45) is 17.6 Å². The van der Waals surface area contributed by atoms with Gasteiger partial charge in [0, 0.05) is 19.4 Å². The Morgan fingerprint density at radius 2 is 1.83 bits per heavy atom. The van der Waals surface area contributed by atoms with Crippen LogP contribution in [0.5, 0.6) is 0 Å². The maximum absolute atomic E-state index is 12.2. The molecule has 2 rings (SSSR count). The summed E-state index contributed by atoms with van der Waals surface area (Å²) >= 11 is 0. The maximum atomic E-state index is 12.2. The summed E-state index contributed by atoms with van der Waals surface area (Å²) in [6.45, 7) is 4.56. The molecule has 1 heterocycles. The smallest absolute Gasteiger partial charge is 0.230 e. The molecule has 0 aromatic carbocycles. The van der Waals surface area contributed by atoms with Crippen molar-refractivity contribution in [2.75, 3.05) is 6.54 Å². The first-order valence-electron chi connectivity index (χ1n) is 7.04. The highest BCUT2D eigenvalue weighted by atomic mass is 16.2. The van der Waals surface area contributed by atoms with Gasteiger partial charge in [-0.15, -0.1) is 0 Å². The third-order valence-corrected chi connectivity index (χ3v) is 4.47. The van der Waals surface area contributed by atoms with E-state index in [1.807, 2.05) is 6.92 Å². The molecule has 0 spiro atoms. The molecule has 1 aliphatic carbocycles. The van der Waals surface area contributed by atoms with Gasteiger partial charge >= 0.3 is 0 Å². The molecule has 1 saturated carbocycles. The number of piperidine rings is 1. The Labute approximate surface area is 109 Å². The Morgan fingerprint density at radius 3 is 2.33 bits per heavy atom. The Hall–Kier alpha value is -0.900. The maximum Gasteiger partial charge on any atom is 0.230 e. The van der Waals surface area contributed by atoms with E-state index in [4.69, 9.17) is 5.73 Å². The minimum atomic E-state index is -0.397. The molecule has 2 N–H and O–H groups in total. The number of imide groups is 1. The zero-order chi connectivity index (χ0) is 13.3. The molecule has 4 nitrogen and oxygen atoms in total. The lowest BCUT2D eigenvalue weighted by molar-refractivity contribution is -0.159. The van der Waals surface area contributed by atoms with Crippen molar-refractivity contribution < 1.29 is 9.59 Å². The van der Waals surface area contributed by atoms with Crippen LogP contribution in [0.1, 0.15) is 52.4 Å². The molecule has 0 bridgehead atoms. The summed E-state index contributed by atoms with van der Waals surface area (Å²) < 4.78 is 0. The van der Waals surface area contributed by atoms with Crippen molar-refractivity contribution in [3.8, 4) is 0 Å². The first kappa shape index (κ1) is 13.5. The number of nitrogens with two attached hydrogens (primary N) is 1. The number of carbonyl (C=O) groups excluding carboxylic acids is 2. The highest BCUT2D eigenvalue weighted by Crippen LogP contribution is 2.39. The van der Waals surface area contributed by atoms with Crippen molar-refractivity contribution in [1.29, 1.82) is 0 Å². The Bertz CT molecular complexity index is 338. The molecule has 1 saturated heterocycles. The van der Waals surface area contributed by atoms with Crippen LogP contribution in [-0.4, -0.2) is 28.8 Å². The minimum absolute atomic E-state index is 0.0155. The van der Waals surface area contributed by atoms with Crippen LogP contribution in [0.3, 0.4) is 0 Å². The van der Waals surface area contributed by atoms with E-state index >= 15 is 0 Å². The van der Waals surface area contributed by atoms with Gasteiger partial charge in [-0.3, -0.25) is 14.5 Å². The van der Waals surface area contributed by atoms with E-state index in [-0.39, 0.29) is 17.7 Å². The topological polar surface area (TPSA) is 63.4 Å². The molecular formula is C14H24N2O2. The first-order chi connectivity index (χ1) is 8.48. The largest absolute Gasteiger partial charge is 0.328 e. The lowest BCUT2D eigenvalue weighted by atomic mass is 9.74. The summed E-state index contributed by atoms with van der Waals surface area (Å²) in [7, 11) is 0. The van der Waals surface area contributed by atoms with Crippen LogP contribution in [-0.2, 0) is 9.59 Å². The molecule has 2 atom stereocenters. The molecule has 0 aromatic rings. The molecule has 2 unspecified atom stereocenters. The summed E-state index contributed by atoms with van der Waals surface area (Å²) in [6.07, 6.45) is 4.96. The van der Waals surface area contributed by atoms with E-state index in [0.717, 1.165) is 19.3 Å². The fourth-order valence-electron chi connectivity index (χ4n) is 3.63. The third kappa shape index (κ3) is 2.30. The highest BCUT2D eigenvalue weighted by molar-refractivity contribution is 5.98. The first-order valence-corrected chi connectivity index (χ1v) is 7.04. The van der Waals surface area contributed by atoms with Gasteiger partial charge in [0.15, 0.2) is 0 Å². The van der Waals surface area contributed by atoms with Gasteiger partial charge in [-0.1, -0.05) is 26.7 Å². The zero-order valence-electron chi connectivity index (χ0n) is 11.4. The van der Waals surface area contributed by atoms with Crippen LogP contribution in [0.25, 0.3) is 0 Å². The van der Waals surface area contributed by atoms with Crippen LogP contribution >= 0.6 is 0 Å². The van der Waals surface area contributed by atoms with Crippen molar-refractivity contribution in [3.05, 3.63) is 0 Å². The molecule has 0 aromatic heterocycles. The molecule has 0 radical (unpaired) electrons. The molecule has 4 heteroatoms. The van der Waals surface area contributed by atoms with Crippen LogP contribution in [0.2, 0.25) is 0 Å². The summed E-state index contributed by atoms with van der Waals surface area (Å²) in [4.78, 5) is 26.0. The van der Waals surface area contributed by atoms with Crippen LogP contribution < -0.4 is 5.73 Å². The molecule has 18 heavy (non-hydrogen) atoms. The van der Waals surface area contributed by atoms with Gasteiger partial charge in [-0.2, -0.15) is 0 Å². The number of nitrogens with zero attached hydrogens (tertiary/aromatic N) is 1. The molecule has 1 aliphatic heterocycles. The average molecular weight is 252 g/mol. The monoisotopic (exact) mass is 252 g/mol. The van der Waals surface area contributed by atoms with Crippen LogP contribution in [0.4, 0.5) is 0 Å². The van der Waals surface area contributed by atoms with Gasteiger partial charge in [0.25, 0.3) is 0 Å². The van der Waals surface area contributed by atoms with Gasteiger partial charge in [-0.05, 0) is 24.7 Å². The second-order valence-electron chi connectivity index (χ2n) is 6.27. The second-order valence-corrected chi connectivity index (χ2v) is 6.27. The Morgan fingerprint density at radius 1 is 1.22 bits per heavy atom. The van der Waals surface area contributed by atoms with Crippen molar-refractivity contribution >= 4 is 11.8 Å². The van der Waals surface area contributed by atoms with Crippen LogP contribution in [0.15, 0.2) is 0 Å². The number of hydrogen-bond donors (Lipinski definition) is 1. The average Bonchev–Trinajstić information content (AvgIpc) is 2.27. The van der Waals surface area contributed by atoms with Crippen molar-refractivity contribution in [3.63, 3.8) is 0 Å². The lowest BCUT2D eigenvalue weighted by Crippen LogP contribution is -2.62. The molecular weight excluding hydrogens is 228 g/mol. The van der Waals surface area contributed by atoms with Gasteiger partial charge < -0.3 is 5.73 Å². The number of amides is 2. The van der Waals surface area contributed by atoms with Crippen molar-refractivity contribution in [1.82, 2.24) is 4.90 Å². The molecule has 2 aliphatic rings. The van der Waals surface area contributed by atoms with E-state index in [0.29, 0.717) is 25.3 Å². The summed E-state index contributed by atoms with van der Waals surface area (Å²) in [5, 5.41) is 0. The predicted molar refractivity (Wildman–Crippen MR) is 69.7 cm³/mol. The van der Waals surface area contributed by atoms with E-state index in [9.17, 15) is 9.59 Å². The predicted octanol–water partition coefficient (Wildman–Crippen LogP) is 1.68. The molecule has 2 amide bonds. The second kappa shape index (κ2) is 5.00. The highest BCUT2D eigenvalue weighted by Gasteiger charge is 2.46. The van der Waals surface area contributed by atoms with Gasteiger partial charge in [-0.25, -0.2) is 0 Å². The number of carbonyl (C=O) groups is 2. The van der Waals surface area contributed by atoms with Crippen LogP contribution in [0, 0.1) is 11.8 Å². The lowest BCUT2D eigenvalue weighted by Gasteiger charge is -2.48. The summed E-state index contributed by atoms with van der Waals surface area (Å²) in [5.74, 6) is 0.691. The van der Waals surface area contributed by atoms with E-state index < -0.39 is 5.54 Å². The fraction of sp³-hybridized carbons (Fsp3) is 0.857. The number of likely N-dealkylation sites (tertiary alicyclic amines) is 1. The Balaban J connectivity index is 2.25. The number of rotatable bonds is 2. The zero-order valence-corrected chi connectivity index (χ0v) is 11.4. The van der Waals surface area contributed by atoms with Crippen molar-refractivity contribution in [2.45, 2.75) is 57.9 Å². The SMILES string of the molecule is CC1CC(=O)N(C2(CN)CCCC(C)C2)C(=O)C1. The normalized spacial score (nSPS) is 35.1.